The fraction of sp³-hybridized carbons (Fsp3) is 0.667. The quantitative estimate of drug-likeness (QED) is 0.901. The molecule has 0 aromatic carbocycles. The molecule has 3 heterocycles. The van der Waals surface area contributed by atoms with Gasteiger partial charge in [0.05, 0.1) is 0 Å². The van der Waals surface area contributed by atoms with Crippen molar-refractivity contribution in [3.8, 4) is 0 Å². The molecule has 0 radical (unpaired) electrons. The van der Waals surface area contributed by atoms with Crippen LogP contribution in [0, 0.1) is 6.92 Å². The number of hydrogen-bond donors (Lipinski definition) is 1. The number of halogens is 1. The third-order valence-corrected chi connectivity index (χ3v) is 5.16. The molecule has 3 nitrogen and oxygen atoms in total. The summed E-state index contributed by atoms with van der Waals surface area (Å²) in [5.41, 5.74) is 1.22. The Kier molecular flexibility index (Phi) is 3.81. The molecular formula is C15H22BrN3. The number of nitrogens with zero attached hydrogens (tertiary/aromatic N) is 2. The first kappa shape index (κ1) is 13.4. The molecule has 104 valence electrons. The van der Waals surface area contributed by atoms with Crippen LogP contribution in [0.1, 0.15) is 37.7 Å². The monoisotopic (exact) mass is 323 g/mol. The van der Waals surface area contributed by atoms with Crippen molar-refractivity contribution in [2.45, 2.75) is 57.2 Å². The van der Waals surface area contributed by atoms with Gasteiger partial charge in [0.25, 0.3) is 0 Å². The van der Waals surface area contributed by atoms with E-state index in [1.807, 2.05) is 6.20 Å². The van der Waals surface area contributed by atoms with Gasteiger partial charge in [-0.2, -0.15) is 0 Å². The normalized spacial score (nSPS) is 31.2. The predicted octanol–water partition coefficient (Wildman–Crippen LogP) is 3.58. The third-order valence-electron chi connectivity index (χ3n) is 4.73. The zero-order valence-corrected chi connectivity index (χ0v) is 13.3. The number of hydrogen-bond acceptors (Lipinski definition) is 3. The number of fused-ring (bicyclic) bond motifs is 2. The molecule has 3 rings (SSSR count). The summed E-state index contributed by atoms with van der Waals surface area (Å²) in [5, 5.41) is 3.67. The zero-order chi connectivity index (χ0) is 13.4. The van der Waals surface area contributed by atoms with Gasteiger partial charge in [-0.25, -0.2) is 4.98 Å². The summed E-state index contributed by atoms with van der Waals surface area (Å²) in [4.78, 5) is 7.11. The number of pyridine rings is 1. The van der Waals surface area contributed by atoms with Crippen LogP contribution in [0.2, 0.25) is 0 Å². The van der Waals surface area contributed by atoms with Gasteiger partial charge in [0.2, 0.25) is 0 Å². The molecule has 2 atom stereocenters. The summed E-state index contributed by atoms with van der Waals surface area (Å²) in [6, 6.07) is 4.24. The standard InChI is InChI=1S/C15H22BrN3/c1-10-6-11(16)9-17-15(10)18-12-7-13-4-3-5-14(8-12)19(13)2/h6,9,12-14H,3-5,7-8H2,1-2H3,(H,17,18). The van der Waals surface area contributed by atoms with Crippen molar-refractivity contribution < 1.29 is 0 Å². The zero-order valence-electron chi connectivity index (χ0n) is 11.7. The van der Waals surface area contributed by atoms with E-state index in [2.05, 4.69) is 51.2 Å². The van der Waals surface area contributed by atoms with Crippen molar-refractivity contribution in [3.05, 3.63) is 22.3 Å². The minimum Gasteiger partial charge on any atom is -0.367 e. The van der Waals surface area contributed by atoms with Crippen molar-refractivity contribution >= 4 is 21.7 Å². The summed E-state index contributed by atoms with van der Waals surface area (Å²) in [6.45, 7) is 2.12. The second-order valence-corrected chi connectivity index (χ2v) is 6.95. The lowest BCUT2D eigenvalue weighted by molar-refractivity contribution is 0.0608. The molecule has 2 saturated heterocycles. The largest absolute Gasteiger partial charge is 0.367 e. The van der Waals surface area contributed by atoms with Crippen LogP contribution >= 0.6 is 15.9 Å². The Morgan fingerprint density at radius 3 is 2.63 bits per heavy atom. The molecule has 1 aromatic rings. The Morgan fingerprint density at radius 1 is 1.32 bits per heavy atom. The predicted molar refractivity (Wildman–Crippen MR) is 82.5 cm³/mol. The first-order chi connectivity index (χ1) is 9.13. The molecule has 2 aliphatic heterocycles. The Morgan fingerprint density at radius 2 is 2.00 bits per heavy atom. The smallest absolute Gasteiger partial charge is 0.129 e. The van der Waals surface area contributed by atoms with Gasteiger partial charge in [0.15, 0.2) is 0 Å². The molecule has 0 spiro atoms. The highest BCUT2D eigenvalue weighted by Crippen LogP contribution is 2.34. The lowest BCUT2D eigenvalue weighted by atomic mass is 9.82. The second kappa shape index (κ2) is 5.41. The van der Waals surface area contributed by atoms with E-state index in [-0.39, 0.29) is 0 Å². The first-order valence-corrected chi connectivity index (χ1v) is 8.03. The minimum absolute atomic E-state index is 0.582. The summed E-state index contributed by atoms with van der Waals surface area (Å²) >= 11 is 3.47. The number of aromatic nitrogens is 1. The number of piperidine rings is 2. The molecule has 1 aromatic heterocycles. The Hall–Kier alpha value is -0.610. The fourth-order valence-corrected chi connectivity index (χ4v) is 4.06. The highest BCUT2D eigenvalue weighted by molar-refractivity contribution is 9.10. The van der Waals surface area contributed by atoms with Crippen molar-refractivity contribution in [1.82, 2.24) is 9.88 Å². The van der Waals surface area contributed by atoms with Crippen molar-refractivity contribution in [3.63, 3.8) is 0 Å². The van der Waals surface area contributed by atoms with Crippen LogP contribution in [-0.2, 0) is 0 Å². The molecule has 4 heteroatoms. The number of anilines is 1. The topological polar surface area (TPSA) is 28.2 Å². The van der Waals surface area contributed by atoms with Crippen LogP contribution in [0.25, 0.3) is 0 Å². The number of aryl methyl sites for hydroxylation is 1. The van der Waals surface area contributed by atoms with E-state index in [0.29, 0.717) is 6.04 Å². The van der Waals surface area contributed by atoms with E-state index in [9.17, 15) is 0 Å². The minimum atomic E-state index is 0.582. The number of rotatable bonds is 2. The van der Waals surface area contributed by atoms with Gasteiger partial charge in [-0.1, -0.05) is 6.42 Å². The van der Waals surface area contributed by atoms with Crippen molar-refractivity contribution in [2.75, 3.05) is 12.4 Å². The molecule has 2 bridgehead atoms. The van der Waals surface area contributed by atoms with Crippen LogP contribution < -0.4 is 5.32 Å². The van der Waals surface area contributed by atoms with E-state index < -0.39 is 0 Å². The lowest BCUT2D eigenvalue weighted by Gasteiger charge is -2.47. The lowest BCUT2D eigenvalue weighted by Crippen LogP contribution is -2.52. The maximum absolute atomic E-state index is 4.51. The molecule has 19 heavy (non-hydrogen) atoms. The SMILES string of the molecule is Cc1cc(Br)cnc1NC1CC2CCCC(C1)N2C. The van der Waals surface area contributed by atoms with Gasteiger partial charge in [0, 0.05) is 28.8 Å². The molecular weight excluding hydrogens is 302 g/mol. The molecule has 0 saturated carbocycles. The van der Waals surface area contributed by atoms with Crippen LogP contribution in [0.3, 0.4) is 0 Å². The van der Waals surface area contributed by atoms with Crippen LogP contribution in [-0.4, -0.2) is 35.1 Å². The summed E-state index contributed by atoms with van der Waals surface area (Å²) in [6.07, 6.45) is 8.51. The third kappa shape index (κ3) is 2.79. The highest BCUT2D eigenvalue weighted by Gasteiger charge is 2.36. The van der Waals surface area contributed by atoms with Gasteiger partial charge in [-0.3, -0.25) is 0 Å². The Labute approximate surface area is 123 Å². The van der Waals surface area contributed by atoms with E-state index in [4.69, 9.17) is 0 Å². The summed E-state index contributed by atoms with van der Waals surface area (Å²) < 4.78 is 1.05. The van der Waals surface area contributed by atoms with Gasteiger partial charge >= 0.3 is 0 Å². The van der Waals surface area contributed by atoms with E-state index in [0.717, 1.165) is 22.4 Å². The molecule has 0 aliphatic carbocycles. The maximum Gasteiger partial charge on any atom is 0.129 e. The Balaban J connectivity index is 1.70. The van der Waals surface area contributed by atoms with Crippen LogP contribution in [0.5, 0.6) is 0 Å². The molecule has 2 unspecified atom stereocenters. The highest BCUT2D eigenvalue weighted by atomic mass is 79.9. The fourth-order valence-electron chi connectivity index (χ4n) is 3.62. The summed E-state index contributed by atoms with van der Waals surface area (Å²) in [5.74, 6) is 1.05. The molecule has 0 amide bonds. The number of nitrogens with one attached hydrogen (secondary N) is 1. The van der Waals surface area contributed by atoms with Crippen molar-refractivity contribution in [1.29, 1.82) is 0 Å². The van der Waals surface area contributed by atoms with Crippen LogP contribution in [0.4, 0.5) is 5.82 Å². The van der Waals surface area contributed by atoms with Crippen molar-refractivity contribution in [2.24, 2.45) is 0 Å². The van der Waals surface area contributed by atoms with Crippen LogP contribution in [0.15, 0.2) is 16.7 Å². The van der Waals surface area contributed by atoms with Gasteiger partial charge in [-0.15, -0.1) is 0 Å². The molecule has 2 fully saturated rings. The van der Waals surface area contributed by atoms with E-state index in [1.165, 1.54) is 37.7 Å². The van der Waals surface area contributed by atoms with E-state index >= 15 is 0 Å². The van der Waals surface area contributed by atoms with Gasteiger partial charge in [0.1, 0.15) is 5.82 Å². The average molecular weight is 324 g/mol. The Bertz CT molecular complexity index is 449. The second-order valence-electron chi connectivity index (χ2n) is 6.04. The van der Waals surface area contributed by atoms with Gasteiger partial charge in [-0.05, 0) is 67.2 Å². The molecule has 1 N–H and O–H groups in total. The average Bonchev–Trinajstić information content (AvgIpc) is 2.34. The molecule has 2 aliphatic rings. The summed E-state index contributed by atoms with van der Waals surface area (Å²) in [7, 11) is 2.30. The van der Waals surface area contributed by atoms with Gasteiger partial charge < -0.3 is 10.2 Å². The maximum atomic E-state index is 4.51. The van der Waals surface area contributed by atoms with E-state index in [1.54, 1.807) is 0 Å². The first-order valence-electron chi connectivity index (χ1n) is 7.24.